The van der Waals surface area contributed by atoms with Gasteiger partial charge in [-0.25, -0.2) is 0 Å². The molecule has 0 aliphatic heterocycles. The largest absolute Gasteiger partial charge is 0.330 e. The maximum Gasteiger partial charge on any atom is -0.00168 e. The number of nitrogens with two attached hydrogens (primary N) is 1. The summed E-state index contributed by atoms with van der Waals surface area (Å²) < 4.78 is 0. The molecule has 0 fully saturated rings. The molecule has 1 unspecified atom stereocenters. The van der Waals surface area contributed by atoms with Crippen molar-refractivity contribution < 1.29 is 0 Å². The first kappa shape index (κ1) is 13.9. The lowest BCUT2D eigenvalue weighted by atomic mass is 10.0. The molecule has 0 saturated carbocycles. The normalized spacial score (nSPS) is 17.7. The topological polar surface area (TPSA) is 26.0 Å². The van der Waals surface area contributed by atoms with Gasteiger partial charge >= 0.3 is 0 Å². The molecular formula is C12H20IN. The highest BCUT2D eigenvalue weighted by atomic mass is 127. The van der Waals surface area contributed by atoms with Crippen LogP contribution in [0.4, 0.5) is 0 Å². The summed E-state index contributed by atoms with van der Waals surface area (Å²) in [5.74, 6) is 0.514. The van der Waals surface area contributed by atoms with E-state index >= 15 is 0 Å². The van der Waals surface area contributed by atoms with Crippen LogP contribution in [-0.4, -0.2) is 6.54 Å². The standard InChI is InChI=1S/C12H19N.HI/c1-11(10-13)6-5-9-12-7-3-2-4-8-12;/h2-3,5-7,11H,4,8-10,13H2,1H3;1H/b6-5-;. The van der Waals surface area contributed by atoms with Crippen LogP contribution < -0.4 is 5.73 Å². The maximum atomic E-state index is 5.51. The second-order valence-electron chi connectivity index (χ2n) is 3.64. The van der Waals surface area contributed by atoms with E-state index in [9.17, 15) is 0 Å². The number of hydrogen-bond donors (Lipinski definition) is 1. The Morgan fingerprint density at radius 2 is 2.36 bits per heavy atom. The summed E-state index contributed by atoms with van der Waals surface area (Å²) in [5, 5.41) is 0. The van der Waals surface area contributed by atoms with Gasteiger partial charge in [-0.2, -0.15) is 0 Å². The fourth-order valence-corrected chi connectivity index (χ4v) is 1.35. The molecule has 0 amide bonds. The smallest absolute Gasteiger partial charge is 0.00168 e. The van der Waals surface area contributed by atoms with Gasteiger partial charge in [0.15, 0.2) is 0 Å². The van der Waals surface area contributed by atoms with Crippen molar-refractivity contribution >= 4 is 24.0 Å². The average Bonchev–Trinajstić information content (AvgIpc) is 2.19. The van der Waals surface area contributed by atoms with Crippen LogP contribution in [0.5, 0.6) is 0 Å². The number of rotatable bonds is 4. The Balaban J connectivity index is 0.00000169. The summed E-state index contributed by atoms with van der Waals surface area (Å²) in [6, 6.07) is 0. The lowest BCUT2D eigenvalue weighted by molar-refractivity contribution is 0.736. The summed E-state index contributed by atoms with van der Waals surface area (Å²) in [4.78, 5) is 0. The third-order valence-corrected chi connectivity index (χ3v) is 2.32. The Labute approximate surface area is 104 Å². The molecule has 0 saturated heterocycles. The van der Waals surface area contributed by atoms with Gasteiger partial charge in [-0.1, -0.05) is 42.9 Å². The van der Waals surface area contributed by atoms with E-state index in [0.29, 0.717) is 5.92 Å². The maximum absolute atomic E-state index is 5.51. The van der Waals surface area contributed by atoms with Gasteiger partial charge in [-0.05, 0) is 31.7 Å². The first-order valence-corrected chi connectivity index (χ1v) is 5.04. The minimum absolute atomic E-state index is 0. The molecule has 0 heterocycles. The third-order valence-electron chi connectivity index (χ3n) is 2.32. The second-order valence-corrected chi connectivity index (χ2v) is 3.64. The lowest BCUT2D eigenvalue weighted by Crippen LogP contribution is -2.07. The molecule has 0 spiro atoms. The van der Waals surface area contributed by atoms with E-state index in [2.05, 4.69) is 37.3 Å². The summed E-state index contributed by atoms with van der Waals surface area (Å²) in [6.45, 7) is 2.89. The van der Waals surface area contributed by atoms with Crippen molar-refractivity contribution in [3.8, 4) is 0 Å². The van der Waals surface area contributed by atoms with Crippen molar-refractivity contribution in [1.29, 1.82) is 0 Å². The van der Waals surface area contributed by atoms with Gasteiger partial charge in [0, 0.05) is 0 Å². The highest BCUT2D eigenvalue weighted by Gasteiger charge is 1.97. The molecule has 0 aromatic rings. The van der Waals surface area contributed by atoms with Gasteiger partial charge < -0.3 is 5.73 Å². The van der Waals surface area contributed by atoms with Crippen LogP contribution in [0.2, 0.25) is 0 Å². The Morgan fingerprint density at radius 1 is 1.57 bits per heavy atom. The average molecular weight is 305 g/mol. The molecule has 1 nitrogen and oxygen atoms in total. The quantitative estimate of drug-likeness (QED) is 0.625. The predicted octanol–water partition coefficient (Wildman–Crippen LogP) is 3.42. The predicted molar refractivity (Wildman–Crippen MR) is 73.8 cm³/mol. The molecule has 0 aromatic heterocycles. The highest BCUT2D eigenvalue weighted by molar-refractivity contribution is 14.0. The van der Waals surface area contributed by atoms with Gasteiger partial charge in [-0.3, -0.25) is 0 Å². The molecule has 1 aliphatic rings. The Kier molecular flexibility index (Phi) is 8.18. The Morgan fingerprint density at radius 3 is 2.93 bits per heavy atom. The zero-order chi connectivity index (χ0) is 9.52. The number of halogens is 1. The van der Waals surface area contributed by atoms with Crippen LogP contribution in [0.15, 0.2) is 36.0 Å². The van der Waals surface area contributed by atoms with E-state index in [1.165, 1.54) is 18.4 Å². The van der Waals surface area contributed by atoms with Crippen molar-refractivity contribution in [3.63, 3.8) is 0 Å². The molecule has 1 rings (SSSR count). The zero-order valence-corrected chi connectivity index (χ0v) is 11.1. The summed E-state index contributed by atoms with van der Waals surface area (Å²) in [7, 11) is 0. The highest BCUT2D eigenvalue weighted by Crippen LogP contribution is 2.15. The molecule has 1 aliphatic carbocycles. The van der Waals surface area contributed by atoms with Crippen molar-refractivity contribution in [2.75, 3.05) is 6.54 Å². The van der Waals surface area contributed by atoms with Crippen LogP contribution >= 0.6 is 24.0 Å². The van der Waals surface area contributed by atoms with Gasteiger partial charge in [-0.15, -0.1) is 24.0 Å². The van der Waals surface area contributed by atoms with Crippen LogP contribution in [-0.2, 0) is 0 Å². The molecule has 2 N–H and O–H groups in total. The van der Waals surface area contributed by atoms with Crippen LogP contribution in [0.25, 0.3) is 0 Å². The van der Waals surface area contributed by atoms with Gasteiger partial charge in [0.2, 0.25) is 0 Å². The van der Waals surface area contributed by atoms with Crippen LogP contribution in [0, 0.1) is 5.92 Å². The SMILES string of the molecule is CC(/C=C\CC1=CC=CCC1)CN.I. The fourth-order valence-electron chi connectivity index (χ4n) is 1.35. The molecule has 2 heteroatoms. The van der Waals surface area contributed by atoms with Crippen LogP contribution in [0.3, 0.4) is 0 Å². The molecule has 0 aromatic carbocycles. The monoisotopic (exact) mass is 305 g/mol. The second kappa shape index (κ2) is 8.24. The van der Waals surface area contributed by atoms with Crippen LogP contribution in [0.1, 0.15) is 26.2 Å². The van der Waals surface area contributed by atoms with Crippen molar-refractivity contribution in [1.82, 2.24) is 0 Å². The van der Waals surface area contributed by atoms with Crippen molar-refractivity contribution in [3.05, 3.63) is 36.0 Å². The number of allylic oxidation sites excluding steroid dienone is 5. The summed E-state index contributed by atoms with van der Waals surface area (Å²) in [6.07, 6.45) is 14.6. The van der Waals surface area contributed by atoms with E-state index in [-0.39, 0.29) is 24.0 Å². The van der Waals surface area contributed by atoms with Gasteiger partial charge in [0.25, 0.3) is 0 Å². The van der Waals surface area contributed by atoms with E-state index in [0.717, 1.165) is 13.0 Å². The molecule has 80 valence electrons. The van der Waals surface area contributed by atoms with E-state index in [4.69, 9.17) is 5.73 Å². The minimum Gasteiger partial charge on any atom is -0.330 e. The summed E-state index contributed by atoms with van der Waals surface area (Å²) >= 11 is 0. The van der Waals surface area contributed by atoms with Gasteiger partial charge in [0.1, 0.15) is 0 Å². The zero-order valence-electron chi connectivity index (χ0n) is 8.78. The molecular weight excluding hydrogens is 285 g/mol. The van der Waals surface area contributed by atoms with Gasteiger partial charge in [0.05, 0.1) is 0 Å². The fraction of sp³-hybridized carbons (Fsp3) is 0.500. The minimum atomic E-state index is 0. The Hall–Kier alpha value is -0.0900. The van der Waals surface area contributed by atoms with E-state index < -0.39 is 0 Å². The molecule has 14 heavy (non-hydrogen) atoms. The first-order valence-electron chi connectivity index (χ1n) is 5.04. The summed E-state index contributed by atoms with van der Waals surface area (Å²) in [5.41, 5.74) is 7.04. The van der Waals surface area contributed by atoms with Crippen molar-refractivity contribution in [2.24, 2.45) is 11.7 Å². The molecule has 0 bridgehead atoms. The third kappa shape index (κ3) is 5.60. The molecule has 0 radical (unpaired) electrons. The first-order chi connectivity index (χ1) is 6.33. The lowest BCUT2D eigenvalue weighted by Gasteiger charge is -2.06. The molecule has 1 atom stereocenters. The van der Waals surface area contributed by atoms with E-state index in [1.54, 1.807) is 0 Å². The Bertz CT molecular complexity index is 228. The number of hydrogen-bond acceptors (Lipinski definition) is 1. The van der Waals surface area contributed by atoms with Crippen molar-refractivity contribution in [2.45, 2.75) is 26.2 Å². The van der Waals surface area contributed by atoms with E-state index in [1.807, 2.05) is 0 Å².